The van der Waals surface area contributed by atoms with E-state index in [0.29, 0.717) is 64.7 Å². The van der Waals surface area contributed by atoms with Gasteiger partial charge in [-0.25, -0.2) is 4.79 Å². The highest BCUT2D eigenvalue weighted by Gasteiger charge is 2.21. The Hall–Kier alpha value is -3.48. The summed E-state index contributed by atoms with van der Waals surface area (Å²) >= 11 is 0. The van der Waals surface area contributed by atoms with Crippen molar-refractivity contribution < 1.29 is 28.2 Å². The second-order valence-electron chi connectivity index (χ2n) is 8.29. The average molecular weight is 467 g/mol. The van der Waals surface area contributed by atoms with Crippen molar-refractivity contribution in [3.63, 3.8) is 0 Å². The van der Waals surface area contributed by atoms with Crippen LogP contribution in [0.15, 0.2) is 39.5 Å². The Bertz CT molecular complexity index is 1260. The maximum absolute atomic E-state index is 13.6. The van der Waals surface area contributed by atoms with Gasteiger partial charge in [0.15, 0.2) is 17.6 Å². The van der Waals surface area contributed by atoms with E-state index in [1.165, 1.54) is 0 Å². The number of benzene rings is 2. The van der Waals surface area contributed by atoms with E-state index in [-0.39, 0.29) is 12.0 Å². The van der Waals surface area contributed by atoms with Crippen LogP contribution in [0.3, 0.4) is 0 Å². The molecule has 0 bridgehead atoms. The maximum Gasteiger partial charge on any atom is 0.347 e. The van der Waals surface area contributed by atoms with Crippen molar-refractivity contribution in [2.75, 3.05) is 19.8 Å². The largest absolute Gasteiger partial charge is 0.490 e. The fraction of sp³-hybridized carbons (Fsp3) is 0.407. The van der Waals surface area contributed by atoms with Gasteiger partial charge in [-0.15, -0.1) is 0 Å². The van der Waals surface area contributed by atoms with E-state index >= 15 is 0 Å². The van der Waals surface area contributed by atoms with Crippen LogP contribution in [0, 0.1) is 6.92 Å². The van der Waals surface area contributed by atoms with Gasteiger partial charge in [0.2, 0.25) is 5.43 Å². The number of ether oxygens (including phenoxy) is 4. The second kappa shape index (κ2) is 10.2. The molecule has 7 heteroatoms. The van der Waals surface area contributed by atoms with Gasteiger partial charge in [0, 0.05) is 12.5 Å². The minimum Gasteiger partial charge on any atom is -0.490 e. The van der Waals surface area contributed by atoms with Gasteiger partial charge in [-0.1, -0.05) is 19.4 Å². The lowest BCUT2D eigenvalue weighted by Crippen LogP contribution is -2.26. The Morgan fingerprint density at radius 2 is 1.85 bits per heavy atom. The Balaban J connectivity index is 1.79. The van der Waals surface area contributed by atoms with E-state index in [1.54, 1.807) is 26.8 Å². The molecule has 3 aromatic rings. The van der Waals surface area contributed by atoms with E-state index in [0.717, 1.165) is 18.4 Å². The zero-order valence-electron chi connectivity index (χ0n) is 20.1. The monoisotopic (exact) mass is 466 g/mol. The van der Waals surface area contributed by atoms with Crippen LogP contribution in [-0.4, -0.2) is 31.9 Å². The standard InChI is InChI=1S/C27H30O7/c1-5-8-18-13-20-23(15-22(18)34-17(4)27(29)30-6-2)33-16(3)25(26(20)28)19-9-10-21-24(14-19)32-12-7-11-31-21/h9-10,13-15,17H,5-8,11-12H2,1-4H3. The van der Waals surface area contributed by atoms with Crippen molar-refractivity contribution in [1.29, 1.82) is 0 Å². The van der Waals surface area contributed by atoms with E-state index in [9.17, 15) is 9.59 Å². The zero-order valence-corrected chi connectivity index (χ0v) is 20.1. The molecule has 0 amide bonds. The Morgan fingerprint density at radius 1 is 1.09 bits per heavy atom. The van der Waals surface area contributed by atoms with Crippen molar-refractivity contribution in [2.45, 2.75) is 53.1 Å². The molecule has 2 heterocycles. The van der Waals surface area contributed by atoms with Gasteiger partial charge in [0.05, 0.1) is 30.8 Å². The van der Waals surface area contributed by atoms with Crippen molar-refractivity contribution >= 4 is 16.9 Å². The lowest BCUT2D eigenvalue weighted by atomic mass is 9.99. The fourth-order valence-corrected chi connectivity index (χ4v) is 4.10. The molecule has 0 N–H and O–H groups in total. The summed E-state index contributed by atoms with van der Waals surface area (Å²) in [6.45, 7) is 8.65. The summed E-state index contributed by atoms with van der Waals surface area (Å²) in [6.07, 6.45) is 1.57. The smallest absolute Gasteiger partial charge is 0.347 e. The zero-order chi connectivity index (χ0) is 24.2. The maximum atomic E-state index is 13.6. The molecule has 0 radical (unpaired) electrons. The number of carbonyl (C=O) groups is 1. The molecular formula is C27H30O7. The molecule has 1 aliphatic rings. The average Bonchev–Trinajstić information content (AvgIpc) is 3.05. The van der Waals surface area contributed by atoms with Crippen LogP contribution in [0.2, 0.25) is 0 Å². The van der Waals surface area contributed by atoms with E-state index < -0.39 is 12.1 Å². The number of fused-ring (bicyclic) bond motifs is 2. The Labute approximate surface area is 198 Å². The first-order chi connectivity index (χ1) is 16.4. The number of rotatable bonds is 7. The fourth-order valence-electron chi connectivity index (χ4n) is 4.10. The summed E-state index contributed by atoms with van der Waals surface area (Å²) in [7, 11) is 0. The molecule has 0 spiro atoms. The first kappa shape index (κ1) is 23.7. The number of hydrogen-bond acceptors (Lipinski definition) is 7. The molecule has 4 rings (SSSR count). The number of carbonyl (C=O) groups excluding carboxylic acids is 1. The SMILES string of the molecule is CCCc1cc2c(=O)c(-c3ccc4c(c3)OCCCO4)c(C)oc2cc1OC(C)C(=O)OCC. The third kappa shape index (κ3) is 4.74. The summed E-state index contributed by atoms with van der Waals surface area (Å²) in [6, 6.07) is 9.02. The minimum atomic E-state index is -0.776. The van der Waals surface area contributed by atoms with Gasteiger partial charge in [-0.05, 0) is 56.5 Å². The van der Waals surface area contributed by atoms with Gasteiger partial charge in [0.1, 0.15) is 17.1 Å². The van der Waals surface area contributed by atoms with Gasteiger partial charge in [-0.3, -0.25) is 4.79 Å². The van der Waals surface area contributed by atoms with Crippen molar-refractivity contribution in [3.05, 3.63) is 51.9 Å². The molecule has 2 aromatic carbocycles. The lowest BCUT2D eigenvalue weighted by molar-refractivity contribution is -0.150. The molecule has 1 unspecified atom stereocenters. The quantitative estimate of drug-likeness (QED) is 0.442. The van der Waals surface area contributed by atoms with Gasteiger partial charge >= 0.3 is 5.97 Å². The highest BCUT2D eigenvalue weighted by molar-refractivity contribution is 5.85. The van der Waals surface area contributed by atoms with Crippen LogP contribution in [0.1, 0.15) is 44.9 Å². The topological polar surface area (TPSA) is 84.2 Å². The van der Waals surface area contributed by atoms with Crippen LogP contribution in [0.4, 0.5) is 0 Å². The predicted molar refractivity (Wildman–Crippen MR) is 129 cm³/mol. The first-order valence-corrected chi connectivity index (χ1v) is 11.8. The van der Waals surface area contributed by atoms with Gasteiger partial charge in [-0.2, -0.15) is 0 Å². The van der Waals surface area contributed by atoms with Crippen LogP contribution < -0.4 is 19.6 Å². The number of esters is 1. The van der Waals surface area contributed by atoms with Crippen LogP contribution in [0.25, 0.3) is 22.1 Å². The molecular weight excluding hydrogens is 436 g/mol. The second-order valence-corrected chi connectivity index (χ2v) is 8.29. The normalized spacial score (nSPS) is 13.9. The summed E-state index contributed by atoms with van der Waals surface area (Å²) in [5.41, 5.74) is 2.32. The molecule has 180 valence electrons. The van der Waals surface area contributed by atoms with Gasteiger partial charge < -0.3 is 23.4 Å². The number of hydrogen-bond donors (Lipinski definition) is 0. The summed E-state index contributed by atoms with van der Waals surface area (Å²) < 4.78 is 28.6. The number of aryl methyl sites for hydroxylation is 2. The summed E-state index contributed by atoms with van der Waals surface area (Å²) in [5, 5.41) is 0.465. The van der Waals surface area contributed by atoms with Crippen LogP contribution >= 0.6 is 0 Å². The van der Waals surface area contributed by atoms with Gasteiger partial charge in [0.25, 0.3) is 0 Å². The van der Waals surface area contributed by atoms with E-state index in [1.807, 2.05) is 31.2 Å². The van der Waals surface area contributed by atoms with Crippen LogP contribution in [0.5, 0.6) is 17.2 Å². The highest BCUT2D eigenvalue weighted by atomic mass is 16.6. The van der Waals surface area contributed by atoms with Crippen LogP contribution in [-0.2, 0) is 16.0 Å². The van der Waals surface area contributed by atoms with Crippen molar-refractivity contribution in [2.24, 2.45) is 0 Å². The molecule has 0 saturated carbocycles. The Morgan fingerprint density at radius 3 is 2.59 bits per heavy atom. The molecule has 1 aromatic heterocycles. The third-order valence-electron chi connectivity index (χ3n) is 5.73. The molecule has 0 saturated heterocycles. The Kier molecular flexibility index (Phi) is 7.10. The van der Waals surface area contributed by atoms with Crippen molar-refractivity contribution in [3.8, 4) is 28.4 Å². The lowest BCUT2D eigenvalue weighted by Gasteiger charge is -2.17. The molecule has 0 fully saturated rings. The van der Waals surface area contributed by atoms with Crippen molar-refractivity contribution in [1.82, 2.24) is 0 Å². The first-order valence-electron chi connectivity index (χ1n) is 11.8. The summed E-state index contributed by atoms with van der Waals surface area (Å²) in [4.78, 5) is 25.7. The van der Waals surface area contributed by atoms with E-state index in [4.69, 9.17) is 23.4 Å². The third-order valence-corrected chi connectivity index (χ3v) is 5.73. The molecule has 1 aliphatic heterocycles. The predicted octanol–water partition coefficient (Wildman–Crippen LogP) is 5.21. The molecule has 0 aliphatic carbocycles. The molecule has 1 atom stereocenters. The minimum absolute atomic E-state index is 0.129. The molecule has 34 heavy (non-hydrogen) atoms. The highest BCUT2D eigenvalue weighted by Crippen LogP contribution is 2.36. The molecule has 7 nitrogen and oxygen atoms in total. The van der Waals surface area contributed by atoms with E-state index in [2.05, 4.69) is 0 Å². The summed E-state index contributed by atoms with van der Waals surface area (Å²) in [5.74, 6) is 1.86.